The monoisotopic (exact) mass is 311 g/mol. The first-order valence-corrected chi connectivity index (χ1v) is 7.05. The van der Waals surface area contributed by atoms with Gasteiger partial charge in [-0.2, -0.15) is 0 Å². The summed E-state index contributed by atoms with van der Waals surface area (Å²) in [5.41, 5.74) is 0.558. The van der Waals surface area contributed by atoms with Gasteiger partial charge in [0.05, 0.1) is 5.56 Å². The van der Waals surface area contributed by atoms with Gasteiger partial charge in [0, 0.05) is 22.8 Å². The Balaban J connectivity index is 2.19. The van der Waals surface area contributed by atoms with E-state index in [1.54, 1.807) is 6.20 Å². The van der Waals surface area contributed by atoms with Crippen molar-refractivity contribution in [3.8, 4) is 0 Å². The predicted octanol–water partition coefficient (Wildman–Crippen LogP) is 2.95. The lowest BCUT2D eigenvalue weighted by molar-refractivity contribution is 0.0851. The summed E-state index contributed by atoms with van der Waals surface area (Å²) in [7, 11) is 0. The Morgan fingerprint density at radius 3 is 2.83 bits per heavy atom. The number of anilines is 1. The third-order valence-corrected chi connectivity index (χ3v) is 3.75. The van der Waals surface area contributed by atoms with Crippen LogP contribution in [0.1, 0.15) is 43.5 Å². The normalized spacial score (nSPS) is 16.8. The molecule has 98 valence electrons. The third-order valence-electron chi connectivity index (χ3n) is 3.32. The highest BCUT2D eigenvalue weighted by Gasteiger charge is 2.33. The molecule has 0 aromatic carbocycles. The Bertz CT molecular complexity index is 458. The number of nitrogens with one attached hydrogen (secondary N) is 2. The number of nitrogens with zero attached hydrogens (tertiary/aromatic N) is 1. The van der Waals surface area contributed by atoms with E-state index in [1.807, 2.05) is 13.0 Å². The number of carbonyl (C=O) groups is 1. The van der Waals surface area contributed by atoms with Crippen molar-refractivity contribution in [2.24, 2.45) is 0 Å². The van der Waals surface area contributed by atoms with Crippen LogP contribution < -0.4 is 10.6 Å². The van der Waals surface area contributed by atoms with E-state index in [0.29, 0.717) is 11.4 Å². The van der Waals surface area contributed by atoms with Gasteiger partial charge in [-0.05, 0) is 55.1 Å². The molecule has 1 aliphatic carbocycles. The molecule has 2 N–H and O–H groups in total. The summed E-state index contributed by atoms with van der Waals surface area (Å²) in [4.78, 5) is 16.5. The summed E-state index contributed by atoms with van der Waals surface area (Å²) >= 11 is 3.36. The van der Waals surface area contributed by atoms with Crippen LogP contribution in [0, 0.1) is 0 Å². The molecule has 0 spiro atoms. The van der Waals surface area contributed by atoms with Gasteiger partial charge in [0.2, 0.25) is 0 Å². The van der Waals surface area contributed by atoms with Gasteiger partial charge < -0.3 is 10.6 Å². The molecule has 0 atom stereocenters. The number of hydrogen-bond donors (Lipinski definition) is 2. The second-order valence-electron chi connectivity index (χ2n) is 4.95. The van der Waals surface area contributed by atoms with Gasteiger partial charge in [0.25, 0.3) is 5.91 Å². The molecule has 5 heteroatoms. The zero-order valence-corrected chi connectivity index (χ0v) is 12.3. The molecule has 4 nitrogen and oxygen atoms in total. The number of rotatable bonds is 4. The summed E-state index contributed by atoms with van der Waals surface area (Å²) in [6.07, 6.45) is 4.99. The molecule has 1 amide bonds. The highest BCUT2D eigenvalue weighted by molar-refractivity contribution is 9.10. The maximum atomic E-state index is 12.3. The third kappa shape index (κ3) is 2.83. The molecule has 1 fully saturated rings. The molecule has 0 radical (unpaired) electrons. The first kappa shape index (κ1) is 13.3. The lowest BCUT2D eigenvalue weighted by Gasteiger charge is -2.39. The standard InChI is InChI=1S/C13H18BrN3O/c1-3-15-11-10(7-9(14)8-16-11)12(18)17-13(2)5-4-6-13/h7-8H,3-6H2,1-2H3,(H,15,16)(H,17,18). The second-order valence-corrected chi connectivity index (χ2v) is 5.86. The van der Waals surface area contributed by atoms with Gasteiger partial charge in [-0.15, -0.1) is 0 Å². The van der Waals surface area contributed by atoms with Gasteiger partial charge in [-0.1, -0.05) is 0 Å². The Kier molecular flexibility index (Phi) is 3.90. The van der Waals surface area contributed by atoms with Crippen molar-refractivity contribution >= 4 is 27.7 Å². The Morgan fingerprint density at radius 1 is 1.56 bits per heavy atom. The van der Waals surface area contributed by atoms with Crippen molar-refractivity contribution in [3.63, 3.8) is 0 Å². The molecule has 1 aromatic rings. The van der Waals surface area contributed by atoms with Crippen molar-refractivity contribution < 1.29 is 4.79 Å². The fraction of sp³-hybridized carbons (Fsp3) is 0.538. The molecule has 1 heterocycles. The SMILES string of the molecule is CCNc1ncc(Br)cc1C(=O)NC1(C)CCC1. The van der Waals surface area contributed by atoms with Crippen molar-refractivity contribution in [3.05, 3.63) is 22.3 Å². The first-order chi connectivity index (χ1) is 8.54. The van der Waals surface area contributed by atoms with Gasteiger partial charge in [-0.3, -0.25) is 4.79 Å². The molecule has 0 saturated heterocycles. The molecule has 0 unspecified atom stereocenters. The maximum Gasteiger partial charge on any atom is 0.255 e. The molecular formula is C13H18BrN3O. The molecule has 1 aliphatic rings. The Hall–Kier alpha value is -1.10. The first-order valence-electron chi connectivity index (χ1n) is 6.26. The highest BCUT2D eigenvalue weighted by Crippen LogP contribution is 2.31. The molecule has 1 aromatic heterocycles. The van der Waals surface area contributed by atoms with Gasteiger partial charge in [-0.25, -0.2) is 4.98 Å². The fourth-order valence-corrected chi connectivity index (χ4v) is 2.43. The summed E-state index contributed by atoms with van der Waals surface area (Å²) in [6, 6.07) is 1.81. The minimum absolute atomic E-state index is 0.0388. The number of amides is 1. The van der Waals surface area contributed by atoms with E-state index in [-0.39, 0.29) is 11.4 Å². The zero-order chi connectivity index (χ0) is 13.2. The van der Waals surface area contributed by atoms with Crippen LogP contribution in [0.25, 0.3) is 0 Å². The van der Waals surface area contributed by atoms with Crippen LogP contribution in [0.3, 0.4) is 0 Å². The van der Waals surface area contributed by atoms with E-state index in [1.165, 1.54) is 6.42 Å². The maximum absolute atomic E-state index is 12.3. The molecular weight excluding hydrogens is 294 g/mol. The smallest absolute Gasteiger partial charge is 0.255 e. The predicted molar refractivity (Wildman–Crippen MR) is 75.8 cm³/mol. The lowest BCUT2D eigenvalue weighted by Crippen LogP contribution is -2.51. The minimum atomic E-state index is -0.0537. The van der Waals surface area contributed by atoms with Gasteiger partial charge >= 0.3 is 0 Å². The number of pyridine rings is 1. The van der Waals surface area contributed by atoms with E-state index in [4.69, 9.17) is 0 Å². The molecule has 0 bridgehead atoms. The topological polar surface area (TPSA) is 54.0 Å². The fourth-order valence-electron chi connectivity index (χ4n) is 2.09. The number of halogens is 1. The van der Waals surface area contributed by atoms with E-state index in [0.717, 1.165) is 23.9 Å². The minimum Gasteiger partial charge on any atom is -0.370 e. The van der Waals surface area contributed by atoms with Crippen LogP contribution in [0.2, 0.25) is 0 Å². The lowest BCUT2D eigenvalue weighted by atomic mass is 9.78. The number of hydrogen-bond acceptors (Lipinski definition) is 3. The van der Waals surface area contributed by atoms with Crippen LogP contribution in [0.4, 0.5) is 5.82 Å². The van der Waals surface area contributed by atoms with Crippen LogP contribution in [0.15, 0.2) is 16.7 Å². The summed E-state index contributed by atoms with van der Waals surface area (Å²) < 4.78 is 0.813. The van der Waals surface area contributed by atoms with E-state index >= 15 is 0 Å². The average Bonchev–Trinajstić information content (AvgIpc) is 2.29. The summed E-state index contributed by atoms with van der Waals surface area (Å²) in [5.74, 6) is 0.586. The van der Waals surface area contributed by atoms with Crippen molar-refractivity contribution in [2.75, 3.05) is 11.9 Å². The summed E-state index contributed by atoms with van der Waals surface area (Å²) in [5, 5.41) is 6.21. The number of carbonyl (C=O) groups excluding carboxylic acids is 1. The van der Waals surface area contributed by atoms with E-state index in [9.17, 15) is 4.79 Å². The van der Waals surface area contributed by atoms with Crippen LogP contribution in [-0.2, 0) is 0 Å². The number of aromatic nitrogens is 1. The van der Waals surface area contributed by atoms with E-state index < -0.39 is 0 Å². The average molecular weight is 312 g/mol. The Labute approximate surface area is 116 Å². The molecule has 1 saturated carbocycles. The van der Waals surface area contributed by atoms with E-state index in [2.05, 4.69) is 38.5 Å². The van der Waals surface area contributed by atoms with Crippen molar-refractivity contribution in [1.82, 2.24) is 10.3 Å². The largest absolute Gasteiger partial charge is 0.370 e. The Morgan fingerprint density at radius 2 is 2.28 bits per heavy atom. The second kappa shape index (κ2) is 5.26. The van der Waals surface area contributed by atoms with Crippen LogP contribution in [0.5, 0.6) is 0 Å². The molecule has 2 rings (SSSR count). The highest BCUT2D eigenvalue weighted by atomic mass is 79.9. The summed E-state index contributed by atoms with van der Waals surface area (Å²) in [6.45, 7) is 4.82. The molecule has 0 aliphatic heterocycles. The van der Waals surface area contributed by atoms with Gasteiger partial charge in [0.1, 0.15) is 5.82 Å². The van der Waals surface area contributed by atoms with Crippen LogP contribution in [-0.4, -0.2) is 23.0 Å². The quantitative estimate of drug-likeness (QED) is 0.899. The zero-order valence-electron chi connectivity index (χ0n) is 10.7. The van der Waals surface area contributed by atoms with Crippen LogP contribution >= 0.6 is 15.9 Å². The molecule has 18 heavy (non-hydrogen) atoms. The van der Waals surface area contributed by atoms with Crippen molar-refractivity contribution in [1.29, 1.82) is 0 Å². The van der Waals surface area contributed by atoms with Gasteiger partial charge in [0.15, 0.2) is 0 Å². The van der Waals surface area contributed by atoms with Crippen molar-refractivity contribution in [2.45, 2.75) is 38.6 Å².